The number of rotatable bonds is 7. The van der Waals surface area contributed by atoms with Crippen LogP contribution in [0.15, 0.2) is 38.7 Å². The molecule has 1 aromatic carbocycles. The third kappa shape index (κ3) is 5.05. The second-order valence-electron chi connectivity index (χ2n) is 3.52. The summed E-state index contributed by atoms with van der Waals surface area (Å²) in [6.07, 6.45) is 1.29. The van der Waals surface area contributed by atoms with E-state index in [-0.39, 0.29) is 4.90 Å². The van der Waals surface area contributed by atoms with Crippen molar-refractivity contribution in [3.8, 4) is 0 Å². The SMILES string of the molecule is [N-]=[N+]=NCCCCNS(=O)(=O)c1cccc(Br)c1. The first-order chi connectivity index (χ1) is 8.56. The van der Waals surface area contributed by atoms with Crippen molar-refractivity contribution >= 4 is 26.0 Å². The van der Waals surface area contributed by atoms with E-state index in [0.717, 1.165) is 0 Å². The van der Waals surface area contributed by atoms with Crippen molar-refractivity contribution in [2.75, 3.05) is 13.1 Å². The molecule has 0 spiro atoms. The highest BCUT2D eigenvalue weighted by Crippen LogP contribution is 2.15. The van der Waals surface area contributed by atoms with E-state index in [9.17, 15) is 8.42 Å². The number of halogens is 1. The summed E-state index contributed by atoms with van der Waals surface area (Å²) in [4.78, 5) is 2.85. The Labute approximate surface area is 114 Å². The van der Waals surface area contributed by atoms with Crippen molar-refractivity contribution in [3.05, 3.63) is 39.2 Å². The molecule has 0 amide bonds. The second kappa shape index (κ2) is 7.38. The molecule has 0 atom stereocenters. The fourth-order valence-corrected chi connectivity index (χ4v) is 2.95. The Balaban J connectivity index is 2.48. The highest BCUT2D eigenvalue weighted by Gasteiger charge is 2.12. The standard InChI is InChI=1S/C10H13BrN4O2S/c11-9-4-3-5-10(8-9)18(16,17)14-7-2-1-6-13-15-12/h3-5,8,14H,1-2,6-7H2. The normalized spacial score (nSPS) is 10.9. The molecule has 98 valence electrons. The van der Waals surface area contributed by atoms with E-state index in [2.05, 4.69) is 30.7 Å². The Morgan fingerprint density at radius 2 is 2.17 bits per heavy atom. The Morgan fingerprint density at radius 1 is 1.39 bits per heavy atom. The number of benzene rings is 1. The van der Waals surface area contributed by atoms with Gasteiger partial charge in [0.05, 0.1) is 4.90 Å². The number of nitrogens with zero attached hydrogens (tertiary/aromatic N) is 3. The predicted molar refractivity (Wildman–Crippen MR) is 72.6 cm³/mol. The highest BCUT2D eigenvalue weighted by molar-refractivity contribution is 9.10. The van der Waals surface area contributed by atoms with Crippen LogP contribution in [0, 0.1) is 0 Å². The van der Waals surface area contributed by atoms with Crippen LogP contribution in [-0.2, 0) is 10.0 Å². The smallest absolute Gasteiger partial charge is 0.211 e. The summed E-state index contributed by atoms with van der Waals surface area (Å²) >= 11 is 3.23. The van der Waals surface area contributed by atoms with Crippen molar-refractivity contribution in [1.29, 1.82) is 0 Å². The molecule has 0 aliphatic rings. The lowest BCUT2D eigenvalue weighted by atomic mass is 10.3. The van der Waals surface area contributed by atoms with E-state index in [1.807, 2.05) is 0 Å². The first kappa shape index (κ1) is 15.0. The first-order valence-corrected chi connectivity index (χ1v) is 7.60. The lowest BCUT2D eigenvalue weighted by molar-refractivity contribution is 0.577. The average molecular weight is 333 g/mol. The number of azide groups is 1. The van der Waals surface area contributed by atoms with Crippen LogP contribution < -0.4 is 4.72 Å². The summed E-state index contributed by atoms with van der Waals surface area (Å²) < 4.78 is 26.9. The minimum Gasteiger partial charge on any atom is -0.211 e. The predicted octanol–water partition coefficient (Wildman–Crippen LogP) is 2.82. The van der Waals surface area contributed by atoms with Crippen LogP contribution in [0.4, 0.5) is 0 Å². The van der Waals surface area contributed by atoms with Crippen molar-refractivity contribution in [1.82, 2.24) is 4.72 Å². The van der Waals surface area contributed by atoms with E-state index >= 15 is 0 Å². The highest BCUT2D eigenvalue weighted by atomic mass is 79.9. The van der Waals surface area contributed by atoms with Crippen LogP contribution in [0.25, 0.3) is 10.4 Å². The number of sulfonamides is 1. The lowest BCUT2D eigenvalue weighted by Crippen LogP contribution is -2.24. The first-order valence-electron chi connectivity index (χ1n) is 5.32. The van der Waals surface area contributed by atoms with Crippen LogP contribution in [0.1, 0.15) is 12.8 Å². The zero-order chi connectivity index (χ0) is 13.4. The molecule has 18 heavy (non-hydrogen) atoms. The summed E-state index contributed by atoms with van der Waals surface area (Å²) in [7, 11) is -3.46. The third-order valence-corrected chi connectivity index (χ3v) is 4.10. The average Bonchev–Trinajstić information content (AvgIpc) is 2.33. The van der Waals surface area contributed by atoms with Gasteiger partial charge in [0.15, 0.2) is 0 Å². The van der Waals surface area contributed by atoms with E-state index in [0.29, 0.717) is 30.4 Å². The van der Waals surface area contributed by atoms with Gasteiger partial charge in [-0.2, -0.15) is 0 Å². The minimum atomic E-state index is -3.46. The molecule has 0 aromatic heterocycles. The molecule has 0 unspecified atom stereocenters. The molecule has 6 nitrogen and oxygen atoms in total. The number of hydrogen-bond acceptors (Lipinski definition) is 3. The third-order valence-electron chi connectivity index (χ3n) is 2.15. The van der Waals surface area contributed by atoms with Gasteiger partial charge >= 0.3 is 0 Å². The van der Waals surface area contributed by atoms with E-state index in [1.54, 1.807) is 18.2 Å². The molecule has 0 aliphatic carbocycles. The van der Waals surface area contributed by atoms with Gasteiger partial charge in [-0.1, -0.05) is 27.1 Å². The maximum Gasteiger partial charge on any atom is 0.240 e. The van der Waals surface area contributed by atoms with E-state index < -0.39 is 10.0 Å². The van der Waals surface area contributed by atoms with Crippen LogP contribution in [0.2, 0.25) is 0 Å². The van der Waals surface area contributed by atoms with Gasteiger partial charge in [-0.05, 0) is 36.6 Å². The van der Waals surface area contributed by atoms with E-state index in [4.69, 9.17) is 5.53 Å². The summed E-state index contributed by atoms with van der Waals surface area (Å²) in [5, 5.41) is 3.37. The molecule has 0 bridgehead atoms. The molecule has 0 heterocycles. The quantitative estimate of drug-likeness (QED) is 0.359. The van der Waals surface area contributed by atoms with Gasteiger partial charge in [-0.15, -0.1) is 0 Å². The van der Waals surface area contributed by atoms with E-state index in [1.165, 1.54) is 6.07 Å². The molecule has 1 rings (SSSR count). The van der Waals surface area contributed by atoms with Gasteiger partial charge in [0.25, 0.3) is 0 Å². The molecule has 0 aliphatic heterocycles. The Morgan fingerprint density at radius 3 is 2.83 bits per heavy atom. The Bertz CT molecular complexity index is 541. The van der Waals surface area contributed by atoms with Crippen molar-refractivity contribution in [3.63, 3.8) is 0 Å². The van der Waals surface area contributed by atoms with Crippen molar-refractivity contribution < 1.29 is 8.42 Å². The largest absolute Gasteiger partial charge is 0.240 e. The summed E-state index contributed by atoms with van der Waals surface area (Å²) in [5.74, 6) is 0. The van der Waals surface area contributed by atoms with Crippen molar-refractivity contribution in [2.24, 2.45) is 5.11 Å². The Hall–Kier alpha value is -1.08. The monoisotopic (exact) mass is 332 g/mol. The molecule has 0 radical (unpaired) electrons. The van der Waals surface area contributed by atoms with Crippen LogP contribution in [-0.4, -0.2) is 21.5 Å². The summed E-state index contributed by atoms with van der Waals surface area (Å²) in [6, 6.07) is 6.51. The van der Waals surface area contributed by atoms with Crippen LogP contribution in [0.5, 0.6) is 0 Å². The maximum absolute atomic E-state index is 11.9. The molecular formula is C10H13BrN4O2S. The number of hydrogen-bond donors (Lipinski definition) is 1. The van der Waals surface area contributed by atoms with Gasteiger partial charge in [-0.25, -0.2) is 13.1 Å². The van der Waals surface area contributed by atoms with Crippen LogP contribution in [0.3, 0.4) is 0 Å². The summed E-state index contributed by atoms with van der Waals surface area (Å²) in [5.41, 5.74) is 8.07. The van der Waals surface area contributed by atoms with Gasteiger partial charge in [0.2, 0.25) is 10.0 Å². The fourth-order valence-electron chi connectivity index (χ4n) is 1.28. The second-order valence-corrected chi connectivity index (χ2v) is 6.20. The molecule has 0 saturated carbocycles. The zero-order valence-corrected chi connectivity index (χ0v) is 12.0. The molecule has 1 N–H and O–H groups in total. The van der Waals surface area contributed by atoms with Crippen molar-refractivity contribution in [2.45, 2.75) is 17.7 Å². The van der Waals surface area contributed by atoms with Crippen LogP contribution >= 0.6 is 15.9 Å². The topological polar surface area (TPSA) is 94.9 Å². The van der Waals surface area contributed by atoms with Gasteiger partial charge in [-0.3, -0.25) is 0 Å². The lowest BCUT2D eigenvalue weighted by Gasteiger charge is -2.06. The maximum atomic E-state index is 11.9. The zero-order valence-electron chi connectivity index (χ0n) is 9.58. The minimum absolute atomic E-state index is 0.229. The molecule has 8 heteroatoms. The van der Waals surface area contributed by atoms with Gasteiger partial charge in [0.1, 0.15) is 0 Å². The Kier molecular flexibility index (Phi) is 6.14. The number of nitrogens with one attached hydrogen (secondary N) is 1. The molecule has 0 saturated heterocycles. The molecule has 0 fully saturated rings. The summed E-state index contributed by atoms with van der Waals surface area (Å²) in [6.45, 7) is 0.713. The van der Waals surface area contributed by atoms with Gasteiger partial charge in [0, 0.05) is 22.5 Å². The fraction of sp³-hybridized carbons (Fsp3) is 0.400. The van der Waals surface area contributed by atoms with Gasteiger partial charge < -0.3 is 0 Å². The molecular weight excluding hydrogens is 320 g/mol. The molecule has 1 aromatic rings. The number of unbranched alkanes of at least 4 members (excludes halogenated alkanes) is 1.